The molecule has 0 spiro atoms. The summed E-state index contributed by atoms with van der Waals surface area (Å²) in [5.41, 5.74) is 5.90. The van der Waals surface area contributed by atoms with Crippen LogP contribution in [0.3, 0.4) is 0 Å². The fraction of sp³-hybridized carbons (Fsp3) is 0.200. The van der Waals surface area contributed by atoms with E-state index in [0.29, 0.717) is 0 Å². The molecule has 0 saturated heterocycles. The number of carboxylic acid groups (broad SMARTS) is 1. The van der Waals surface area contributed by atoms with Crippen LogP contribution >= 0.6 is 0 Å². The highest BCUT2D eigenvalue weighted by Crippen LogP contribution is 2.49. The summed E-state index contributed by atoms with van der Waals surface area (Å²) >= 11 is 0. The number of rotatable bonds is 6. The van der Waals surface area contributed by atoms with E-state index in [1.54, 1.807) is 6.92 Å². The zero-order chi connectivity index (χ0) is 20.4. The molecule has 0 fully saturated rings. The van der Waals surface area contributed by atoms with Crippen molar-refractivity contribution in [3.8, 4) is 11.1 Å². The molecule has 4 rings (SSSR count). The van der Waals surface area contributed by atoms with Gasteiger partial charge in [-0.15, -0.1) is 0 Å². The third kappa shape index (κ3) is 3.54. The summed E-state index contributed by atoms with van der Waals surface area (Å²) in [6.07, 6.45) is 1.51. The van der Waals surface area contributed by atoms with Gasteiger partial charge in [-0.1, -0.05) is 72.8 Å². The minimum atomic E-state index is -0.832. The van der Waals surface area contributed by atoms with Gasteiger partial charge in [0, 0.05) is 6.92 Å². The van der Waals surface area contributed by atoms with E-state index >= 15 is 0 Å². The lowest BCUT2D eigenvalue weighted by Gasteiger charge is -2.33. The number of carbonyl (C=O) groups is 2. The highest BCUT2D eigenvalue weighted by Gasteiger charge is 2.43. The lowest BCUT2D eigenvalue weighted by molar-refractivity contribution is -0.136. The number of carboxylic acids is 1. The predicted octanol–water partition coefficient (Wildman–Crippen LogP) is 4.31. The Labute approximate surface area is 170 Å². The van der Waals surface area contributed by atoms with Gasteiger partial charge in [0.25, 0.3) is 0 Å². The summed E-state index contributed by atoms with van der Waals surface area (Å²) in [6.45, 7) is 1.56. The minimum Gasteiger partial charge on any atom is -0.481 e. The van der Waals surface area contributed by atoms with Crippen LogP contribution in [0.15, 0.2) is 72.8 Å². The van der Waals surface area contributed by atoms with Crippen molar-refractivity contribution in [1.29, 1.82) is 0 Å². The van der Waals surface area contributed by atoms with E-state index in [9.17, 15) is 9.59 Å². The monoisotopic (exact) mass is 385 g/mol. The smallest absolute Gasteiger partial charge is 0.307 e. The molecule has 3 aromatic rings. The van der Waals surface area contributed by atoms with Crippen molar-refractivity contribution in [3.05, 3.63) is 95.1 Å². The first-order chi connectivity index (χ1) is 14.0. The lowest BCUT2D eigenvalue weighted by Crippen LogP contribution is -2.45. The van der Waals surface area contributed by atoms with Crippen molar-refractivity contribution in [2.24, 2.45) is 0 Å². The zero-order valence-electron chi connectivity index (χ0n) is 16.3. The maximum Gasteiger partial charge on any atom is 0.307 e. The number of aliphatic carboxylic acids is 1. The topological polar surface area (TPSA) is 66.4 Å². The number of hydrogen-bond donors (Lipinski definition) is 2. The molecule has 4 nitrogen and oxygen atoms in total. The van der Waals surface area contributed by atoms with Gasteiger partial charge in [0.1, 0.15) is 0 Å². The van der Waals surface area contributed by atoms with Gasteiger partial charge < -0.3 is 10.4 Å². The number of nitrogens with one attached hydrogen (secondary N) is 1. The van der Waals surface area contributed by atoms with Crippen LogP contribution in [0.4, 0.5) is 0 Å². The molecule has 0 aliphatic heterocycles. The lowest BCUT2D eigenvalue weighted by atomic mass is 9.82. The third-order valence-corrected chi connectivity index (χ3v) is 5.62. The second-order valence-corrected chi connectivity index (χ2v) is 7.56. The molecule has 1 amide bonds. The van der Waals surface area contributed by atoms with Gasteiger partial charge in [-0.05, 0) is 46.2 Å². The summed E-state index contributed by atoms with van der Waals surface area (Å²) < 4.78 is 0. The van der Waals surface area contributed by atoms with E-state index in [0.717, 1.165) is 46.2 Å². The summed E-state index contributed by atoms with van der Waals surface area (Å²) in [5, 5.41) is 12.2. The molecule has 1 aliphatic rings. The SMILES string of the molecule is CC(=O)NC1(CCc2ccc(CC(=O)O)cc2)c2ccccc2-c2ccccc21. The molecule has 0 saturated carbocycles. The molecule has 0 bridgehead atoms. The third-order valence-electron chi connectivity index (χ3n) is 5.62. The number of amides is 1. The van der Waals surface area contributed by atoms with Crippen LogP contribution < -0.4 is 5.32 Å². The molecule has 0 aromatic heterocycles. The molecule has 0 radical (unpaired) electrons. The Morgan fingerprint density at radius 3 is 1.86 bits per heavy atom. The van der Waals surface area contributed by atoms with Crippen LogP contribution in [0.2, 0.25) is 0 Å². The molecule has 0 atom stereocenters. The Morgan fingerprint density at radius 2 is 1.34 bits per heavy atom. The number of aryl methyl sites for hydroxylation is 1. The van der Waals surface area contributed by atoms with Gasteiger partial charge in [-0.25, -0.2) is 0 Å². The van der Waals surface area contributed by atoms with Crippen molar-refractivity contribution in [3.63, 3.8) is 0 Å². The highest BCUT2D eigenvalue weighted by atomic mass is 16.4. The molecular weight excluding hydrogens is 362 g/mol. The average Bonchev–Trinajstić information content (AvgIpc) is 2.97. The molecular formula is C25H23NO3. The normalized spacial score (nSPS) is 13.4. The number of carbonyl (C=O) groups excluding carboxylic acids is 1. The summed E-state index contributed by atoms with van der Waals surface area (Å²) in [5.74, 6) is -0.894. The van der Waals surface area contributed by atoms with Crippen LogP contribution in [0.5, 0.6) is 0 Å². The largest absolute Gasteiger partial charge is 0.481 e. The molecule has 0 heterocycles. The molecule has 1 aliphatic carbocycles. The van der Waals surface area contributed by atoms with Crippen LogP contribution in [-0.2, 0) is 28.0 Å². The predicted molar refractivity (Wildman–Crippen MR) is 113 cm³/mol. The highest BCUT2D eigenvalue weighted by molar-refractivity contribution is 5.84. The molecule has 146 valence electrons. The molecule has 2 N–H and O–H groups in total. The quantitative estimate of drug-likeness (QED) is 0.665. The summed E-state index contributed by atoms with van der Waals surface area (Å²) in [7, 11) is 0. The van der Waals surface area contributed by atoms with Gasteiger partial charge >= 0.3 is 5.97 Å². The number of fused-ring (bicyclic) bond motifs is 3. The van der Waals surface area contributed by atoms with Crippen molar-refractivity contribution in [1.82, 2.24) is 5.32 Å². The Bertz CT molecular complexity index is 1020. The van der Waals surface area contributed by atoms with E-state index in [1.165, 1.54) is 0 Å². The Morgan fingerprint density at radius 1 is 0.828 bits per heavy atom. The van der Waals surface area contributed by atoms with Crippen LogP contribution in [0.1, 0.15) is 35.6 Å². The molecule has 4 heteroatoms. The number of hydrogen-bond acceptors (Lipinski definition) is 2. The maximum absolute atomic E-state index is 12.2. The number of benzene rings is 3. The first-order valence-corrected chi connectivity index (χ1v) is 9.77. The average molecular weight is 385 g/mol. The molecule has 0 unspecified atom stereocenters. The molecule has 3 aromatic carbocycles. The fourth-order valence-electron chi connectivity index (χ4n) is 4.42. The zero-order valence-corrected chi connectivity index (χ0v) is 16.3. The van der Waals surface area contributed by atoms with Crippen molar-refractivity contribution in [2.75, 3.05) is 0 Å². The first kappa shape index (κ1) is 18.9. The van der Waals surface area contributed by atoms with Crippen LogP contribution in [0, 0.1) is 0 Å². The Balaban J connectivity index is 1.70. The van der Waals surface area contributed by atoms with Crippen LogP contribution in [0.25, 0.3) is 11.1 Å². The van der Waals surface area contributed by atoms with E-state index in [1.807, 2.05) is 48.5 Å². The maximum atomic E-state index is 12.2. The van der Waals surface area contributed by atoms with Gasteiger partial charge in [0.2, 0.25) is 5.91 Å². The van der Waals surface area contributed by atoms with Gasteiger partial charge in [-0.3, -0.25) is 9.59 Å². The molecule has 29 heavy (non-hydrogen) atoms. The van der Waals surface area contributed by atoms with Gasteiger partial charge in [0.15, 0.2) is 0 Å². The van der Waals surface area contributed by atoms with E-state index < -0.39 is 11.5 Å². The first-order valence-electron chi connectivity index (χ1n) is 9.77. The summed E-state index contributed by atoms with van der Waals surface area (Å²) in [6, 6.07) is 24.2. The van der Waals surface area contributed by atoms with Gasteiger partial charge in [-0.2, -0.15) is 0 Å². The second-order valence-electron chi connectivity index (χ2n) is 7.56. The second kappa shape index (κ2) is 7.55. The van der Waals surface area contributed by atoms with Crippen LogP contribution in [-0.4, -0.2) is 17.0 Å². The Hall–Kier alpha value is -3.40. The van der Waals surface area contributed by atoms with E-state index in [2.05, 4.69) is 29.6 Å². The fourth-order valence-corrected chi connectivity index (χ4v) is 4.42. The Kier molecular flexibility index (Phi) is 4.93. The summed E-state index contributed by atoms with van der Waals surface area (Å²) in [4.78, 5) is 23.1. The standard InChI is InChI=1S/C25H23NO3/c1-17(27)26-25(15-14-18-10-12-19(13-11-18)16-24(28)29)22-8-4-2-6-20(22)21-7-3-5-9-23(21)25/h2-13H,14-16H2,1H3,(H,26,27)(H,28,29). The van der Waals surface area contributed by atoms with Crippen molar-refractivity contribution < 1.29 is 14.7 Å². The van der Waals surface area contributed by atoms with E-state index in [-0.39, 0.29) is 12.3 Å². The minimum absolute atomic E-state index is 0.0247. The van der Waals surface area contributed by atoms with Crippen molar-refractivity contribution >= 4 is 11.9 Å². The van der Waals surface area contributed by atoms with Gasteiger partial charge in [0.05, 0.1) is 12.0 Å². The van der Waals surface area contributed by atoms with Crippen molar-refractivity contribution in [2.45, 2.75) is 31.7 Å². The van der Waals surface area contributed by atoms with E-state index in [4.69, 9.17) is 5.11 Å².